The summed E-state index contributed by atoms with van der Waals surface area (Å²) in [5.41, 5.74) is 2.29. The lowest BCUT2D eigenvalue weighted by Gasteiger charge is -2.22. The molecule has 2 aromatic rings. The Bertz CT molecular complexity index is 594. The summed E-state index contributed by atoms with van der Waals surface area (Å²) in [5, 5.41) is 4.08. The zero-order valence-corrected chi connectivity index (χ0v) is 13.5. The third kappa shape index (κ3) is 4.02. The fraction of sp³-hybridized carbons (Fsp3) is 0.368. The summed E-state index contributed by atoms with van der Waals surface area (Å²) in [6.45, 7) is 3.02. The molecule has 0 aromatic heterocycles. The molecule has 0 aliphatic carbocycles. The topological polar surface area (TPSA) is 21.3 Å². The molecule has 1 heterocycles. The highest BCUT2D eigenvalue weighted by Gasteiger charge is 2.13. The fourth-order valence-electron chi connectivity index (χ4n) is 2.93. The molecule has 2 aromatic carbocycles. The smallest absolute Gasteiger partial charge is 0.137 e. The predicted octanol–water partition coefficient (Wildman–Crippen LogP) is 4.78. The Balaban J connectivity index is 1.58. The van der Waals surface area contributed by atoms with Crippen LogP contribution in [0.2, 0.25) is 5.02 Å². The minimum absolute atomic E-state index is 0.687. The SMILES string of the molecule is Clc1cc(-c2ccccc2)ccc1OCCC1CCNCC1. The summed E-state index contributed by atoms with van der Waals surface area (Å²) in [7, 11) is 0. The number of piperidine rings is 1. The maximum atomic E-state index is 6.37. The van der Waals surface area contributed by atoms with Crippen LogP contribution < -0.4 is 10.1 Å². The highest BCUT2D eigenvalue weighted by molar-refractivity contribution is 6.32. The standard InChI is InChI=1S/C19H22ClNO/c20-18-14-17(16-4-2-1-3-5-16)6-7-19(18)22-13-10-15-8-11-21-12-9-15/h1-7,14-15,21H,8-13H2. The van der Waals surface area contributed by atoms with Gasteiger partial charge in [-0.1, -0.05) is 48.0 Å². The Kier molecular flexibility index (Phi) is 5.36. The second-order valence-electron chi connectivity index (χ2n) is 5.84. The number of benzene rings is 2. The monoisotopic (exact) mass is 315 g/mol. The summed E-state index contributed by atoms with van der Waals surface area (Å²) in [6.07, 6.45) is 3.62. The highest BCUT2D eigenvalue weighted by atomic mass is 35.5. The number of hydrogen-bond donors (Lipinski definition) is 1. The van der Waals surface area contributed by atoms with Gasteiger partial charge in [0.05, 0.1) is 11.6 Å². The Labute approximate surface area is 137 Å². The number of ether oxygens (including phenoxy) is 1. The molecular weight excluding hydrogens is 294 g/mol. The van der Waals surface area contributed by atoms with Gasteiger partial charge >= 0.3 is 0 Å². The van der Waals surface area contributed by atoms with Gasteiger partial charge in [-0.25, -0.2) is 0 Å². The molecule has 2 nitrogen and oxygen atoms in total. The van der Waals surface area contributed by atoms with Crippen molar-refractivity contribution in [3.05, 3.63) is 53.6 Å². The van der Waals surface area contributed by atoms with Crippen LogP contribution in [-0.2, 0) is 0 Å². The first-order chi connectivity index (χ1) is 10.8. The second-order valence-corrected chi connectivity index (χ2v) is 6.25. The molecule has 3 heteroatoms. The van der Waals surface area contributed by atoms with Crippen molar-refractivity contribution in [2.24, 2.45) is 5.92 Å². The van der Waals surface area contributed by atoms with Crippen molar-refractivity contribution in [3.63, 3.8) is 0 Å². The first-order valence-electron chi connectivity index (χ1n) is 8.01. The van der Waals surface area contributed by atoms with Crippen LogP contribution in [0, 0.1) is 5.92 Å². The molecule has 0 radical (unpaired) electrons. The maximum Gasteiger partial charge on any atom is 0.137 e. The first kappa shape index (κ1) is 15.4. The van der Waals surface area contributed by atoms with E-state index in [0.717, 1.165) is 43.3 Å². The van der Waals surface area contributed by atoms with Crippen LogP contribution in [0.5, 0.6) is 5.75 Å². The minimum atomic E-state index is 0.687. The molecule has 22 heavy (non-hydrogen) atoms. The molecule has 1 aliphatic heterocycles. The van der Waals surface area contributed by atoms with Gasteiger partial charge in [0.15, 0.2) is 0 Å². The molecule has 0 spiro atoms. The van der Waals surface area contributed by atoms with Crippen LogP contribution in [0.15, 0.2) is 48.5 Å². The van der Waals surface area contributed by atoms with E-state index in [0.29, 0.717) is 5.02 Å². The Morgan fingerprint density at radius 3 is 2.50 bits per heavy atom. The van der Waals surface area contributed by atoms with Crippen LogP contribution in [0.4, 0.5) is 0 Å². The Morgan fingerprint density at radius 2 is 1.77 bits per heavy atom. The van der Waals surface area contributed by atoms with Crippen molar-refractivity contribution in [1.82, 2.24) is 5.32 Å². The lowest BCUT2D eigenvalue weighted by molar-refractivity contribution is 0.252. The number of nitrogens with one attached hydrogen (secondary N) is 1. The van der Waals surface area contributed by atoms with Gasteiger partial charge in [-0.3, -0.25) is 0 Å². The van der Waals surface area contributed by atoms with Crippen LogP contribution in [0.1, 0.15) is 19.3 Å². The van der Waals surface area contributed by atoms with Gasteiger partial charge in [0.1, 0.15) is 5.75 Å². The van der Waals surface area contributed by atoms with Crippen molar-refractivity contribution in [3.8, 4) is 16.9 Å². The summed E-state index contributed by atoms with van der Waals surface area (Å²) in [4.78, 5) is 0. The summed E-state index contributed by atoms with van der Waals surface area (Å²) in [5.74, 6) is 1.57. The lowest BCUT2D eigenvalue weighted by atomic mass is 9.95. The predicted molar refractivity (Wildman–Crippen MR) is 92.6 cm³/mol. The van der Waals surface area contributed by atoms with Crippen molar-refractivity contribution in [2.75, 3.05) is 19.7 Å². The molecule has 116 valence electrons. The first-order valence-corrected chi connectivity index (χ1v) is 8.39. The van der Waals surface area contributed by atoms with E-state index in [9.17, 15) is 0 Å². The number of halogens is 1. The van der Waals surface area contributed by atoms with E-state index in [4.69, 9.17) is 16.3 Å². The van der Waals surface area contributed by atoms with Gasteiger partial charge in [0, 0.05) is 0 Å². The quantitative estimate of drug-likeness (QED) is 0.857. The molecule has 1 aliphatic rings. The molecule has 1 saturated heterocycles. The van der Waals surface area contributed by atoms with Crippen molar-refractivity contribution < 1.29 is 4.74 Å². The van der Waals surface area contributed by atoms with Crippen molar-refractivity contribution >= 4 is 11.6 Å². The van der Waals surface area contributed by atoms with Gasteiger partial charge in [0.25, 0.3) is 0 Å². The average molecular weight is 316 g/mol. The Morgan fingerprint density at radius 1 is 1.00 bits per heavy atom. The lowest BCUT2D eigenvalue weighted by Crippen LogP contribution is -2.28. The van der Waals surface area contributed by atoms with E-state index < -0.39 is 0 Å². The summed E-state index contributed by atoms with van der Waals surface area (Å²) >= 11 is 6.37. The van der Waals surface area contributed by atoms with Crippen LogP contribution >= 0.6 is 11.6 Å². The average Bonchev–Trinajstić information content (AvgIpc) is 2.58. The number of hydrogen-bond acceptors (Lipinski definition) is 2. The normalized spacial score (nSPS) is 15.7. The molecule has 0 atom stereocenters. The fourth-order valence-corrected chi connectivity index (χ4v) is 3.17. The van der Waals surface area contributed by atoms with Crippen molar-refractivity contribution in [1.29, 1.82) is 0 Å². The second kappa shape index (κ2) is 7.66. The molecule has 0 bridgehead atoms. The summed E-state index contributed by atoms with van der Waals surface area (Å²) in [6, 6.07) is 16.3. The van der Waals surface area contributed by atoms with Gasteiger partial charge in [-0.2, -0.15) is 0 Å². The molecular formula is C19H22ClNO. The number of rotatable bonds is 5. The van der Waals surface area contributed by atoms with Gasteiger partial charge in [-0.15, -0.1) is 0 Å². The molecule has 3 rings (SSSR count). The maximum absolute atomic E-state index is 6.37. The van der Waals surface area contributed by atoms with E-state index in [1.165, 1.54) is 18.4 Å². The van der Waals surface area contributed by atoms with Crippen LogP contribution in [0.3, 0.4) is 0 Å². The van der Waals surface area contributed by atoms with Crippen molar-refractivity contribution in [2.45, 2.75) is 19.3 Å². The largest absolute Gasteiger partial charge is 0.492 e. The minimum Gasteiger partial charge on any atom is -0.492 e. The van der Waals surface area contributed by atoms with E-state index in [1.54, 1.807) is 0 Å². The third-order valence-electron chi connectivity index (χ3n) is 4.28. The van der Waals surface area contributed by atoms with Crippen LogP contribution in [0.25, 0.3) is 11.1 Å². The van der Waals surface area contributed by atoms with E-state index >= 15 is 0 Å². The molecule has 1 N–H and O–H groups in total. The zero-order valence-electron chi connectivity index (χ0n) is 12.7. The summed E-state index contributed by atoms with van der Waals surface area (Å²) < 4.78 is 5.88. The molecule has 0 unspecified atom stereocenters. The van der Waals surface area contributed by atoms with E-state index in [-0.39, 0.29) is 0 Å². The van der Waals surface area contributed by atoms with Gasteiger partial charge < -0.3 is 10.1 Å². The van der Waals surface area contributed by atoms with Gasteiger partial charge in [-0.05, 0) is 61.5 Å². The Hall–Kier alpha value is -1.51. The zero-order chi connectivity index (χ0) is 15.2. The molecule has 0 saturated carbocycles. The molecule has 1 fully saturated rings. The molecule has 0 amide bonds. The van der Waals surface area contributed by atoms with E-state index in [1.807, 2.05) is 30.3 Å². The highest BCUT2D eigenvalue weighted by Crippen LogP contribution is 2.30. The van der Waals surface area contributed by atoms with E-state index in [2.05, 4.69) is 23.5 Å². The van der Waals surface area contributed by atoms with Gasteiger partial charge in [0.2, 0.25) is 0 Å². The third-order valence-corrected chi connectivity index (χ3v) is 4.58. The van der Waals surface area contributed by atoms with Crippen LogP contribution in [-0.4, -0.2) is 19.7 Å².